The van der Waals surface area contributed by atoms with E-state index in [9.17, 15) is 4.79 Å². The predicted molar refractivity (Wildman–Crippen MR) is 102 cm³/mol. The average molecular weight is 359 g/mol. The van der Waals surface area contributed by atoms with Gasteiger partial charge in [-0.15, -0.1) is 10.2 Å². The van der Waals surface area contributed by atoms with Gasteiger partial charge in [0, 0.05) is 18.7 Å². The molecule has 1 aliphatic heterocycles. The molecule has 0 aliphatic carbocycles. The molecule has 0 spiro atoms. The number of rotatable bonds is 5. The van der Waals surface area contributed by atoms with E-state index in [1.807, 2.05) is 19.1 Å². The molecule has 1 aliphatic rings. The van der Waals surface area contributed by atoms with Gasteiger partial charge in [-0.05, 0) is 43.4 Å². The maximum Gasteiger partial charge on any atom is 0.237 e. The van der Waals surface area contributed by atoms with E-state index in [2.05, 4.69) is 46.1 Å². The molecule has 1 unspecified atom stereocenters. The molecule has 134 valence electrons. The van der Waals surface area contributed by atoms with Crippen LogP contribution in [0, 0.1) is 0 Å². The Labute approximate surface area is 153 Å². The predicted octanol–water partition coefficient (Wildman–Crippen LogP) is 4.25. The number of aryl methyl sites for hydroxylation is 1. The quantitative estimate of drug-likeness (QED) is 0.812. The van der Waals surface area contributed by atoms with Gasteiger partial charge in [0.1, 0.15) is 5.82 Å². The van der Waals surface area contributed by atoms with Crippen LogP contribution in [-0.2, 0) is 17.8 Å². The minimum atomic E-state index is -0.221. The summed E-state index contributed by atoms with van der Waals surface area (Å²) in [6.45, 7) is 7.19. The van der Waals surface area contributed by atoms with Gasteiger partial charge in [-0.25, -0.2) is 0 Å². The minimum Gasteiger partial charge on any atom is -0.325 e. The number of nitrogens with zero attached hydrogens (tertiary/aromatic N) is 3. The van der Waals surface area contributed by atoms with E-state index < -0.39 is 0 Å². The summed E-state index contributed by atoms with van der Waals surface area (Å²) in [7, 11) is 0. The highest BCUT2D eigenvalue weighted by molar-refractivity contribution is 8.00. The summed E-state index contributed by atoms with van der Waals surface area (Å²) in [4.78, 5) is 12.5. The molecule has 0 bridgehead atoms. The van der Waals surface area contributed by atoms with Crippen LogP contribution in [0.2, 0.25) is 0 Å². The molecular formula is C19H26N4OS. The van der Waals surface area contributed by atoms with Crippen LogP contribution in [0.3, 0.4) is 0 Å². The van der Waals surface area contributed by atoms with Gasteiger partial charge < -0.3 is 9.88 Å². The van der Waals surface area contributed by atoms with Gasteiger partial charge in [0.05, 0.1) is 5.25 Å². The molecule has 0 radical (unpaired) electrons. The van der Waals surface area contributed by atoms with E-state index in [0.29, 0.717) is 5.92 Å². The van der Waals surface area contributed by atoms with Crippen LogP contribution in [-0.4, -0.2) is 25.9 Å². The van der Waals surface area contributed by atoms with E-state index in [0.717, 1.165) is 36.1 Å². The first-order valence-corrected chi connectivity index (χ1v) is 9.92. The molecular weight excluding hydrogens is 332 g/mol. The topological polar surface area (TPSA) is 59.8 Å². The number of thioether (sulfide) groups is 1. The van der Waals surface area contributed by atoms with Gasteiger partial charge in [-0.1, -0.05) is 44.2 Å². The van der Waals surface area contributed by atoms with Crippen molar-refractivity contribution < 1.29 is 4.79 Å². The summed E-state index contributed by atoms with van der Waals surface area (Å²) in [6.07, 6.45) is 4.54. The molecule has 6 heteroatoms. The van der Waals surface area contributed by atoms with Crippen molar-refractivity contribution in [3.05, 3.63) is 35.7 Å². The second-order valence-corrected chi connectivity index (χ2v) is 8.20. The number of benzene rings is 1. The van der Waals surface area contributed by atoms with Gasteiger partial charge in [0.2, 0.25) is 5.91 Å². The van der Waals surface area contributed by atoms with Gasteiger partial charge in [-0.3, -0.25) is 4.79 Å². The molecule has 5 nitrogen and oxygen atoms in total. The standard InChI is InChI=1S/C19H26N4OS/c1-13(2)15-8-10-16(11-9-15)20-18(24)14(3)25-19-22-21-17-7-5-4-6-12-23(17)19/h8-11,13-14H,4-7,12H2,1-3H3,(H,20,24). The fraction of sp³-hybridized carbons (Fsp3) is 0.526. The first kappa shape index (κ1) is 18.0. The van der Waals surface area contributed by atoms with Crippen LogP contribution < -0.4 is 5.32 Å². The normalized spacial score (nSPS) is 15.5. The lowest BCUT2D eigenvalue weighted by Gasteiger charge is -2.13. The third-order valence-electron chi connectivity index (χ3n) is 4.57. The van der Waals surface area contributed by atoms with E-state index in [1.165, 1.54) is 30.2 Å². The van der Waals surface area contributed by atoms with Crippen LogP contribution >= 0.6 is 11.8 Å². The first-order valence-electron chi connectivity index (χ1n) is 9.04. The zero-order valence-corrected chi connectivity index (χ0v) is 16.0. The highest BCUT2D eigenvalue weighted by Gasteiger charge is 2.21. The van der Waals surface area contributed by atoms with Crippen molar-refractivity contribution in [2.75, 3.05) is 5.32 Å². The summed E-state index contributed by atoms with van der Waals surface area (Å²) in [5.74, 6) is 1.53. The van der Waals surface area contributed by atoms with Crippen LogP contribution in [0.5, 0.6) is 0 Å². The highest BCUT2D eigenvalue weighted by atomic mass is 32.2. The van der Waals surface area contributed by atoms with Gasteiger partial charge >= 0.3 is 0 Å². The summed E-state index contributed by atoms with van der Waals surface area (Å²) < 4.78 is 2.18. The third-order valence-corrected chi connectivity index (χ3v) is 5.65. The van der Waals surface area contributed by atoms with Crippen LogP contribution in [0.1, 0.15) is 57.3 Å². The molecule has 2 heterocycles. The lowest BCUT2D eigenvalue weighted by atomic mass is 10.0. The number of aromatic nitrogens is 3. The summed E-state index contributed by atoms with van der Waals surface area (Å²) in [5, 5.41) is 12.2. The van der Waals surface area contributed by atoms with Crippen LogP contribution in [0.15, 0.2) is 29.4 Å². The summed E-state index contributed by atoms with van der Waals surface area (Å²) >= 11 is 1.49. The molecule has 1 amide bonds. The Hall–Kier alpha value is -1.82. The summed E-state index contributed by atoms with van der Waals surface area (Å²) in [6, 6.07) is 8.06. The van der Waals surface area contributed by atoms with E-state index in [4.69, 9.17) is 0 Å². The van der Waals surface area contributed by atoms with Crippen molar-refractivity contribution in [1.29, 1.82) is 0 Å². The average Bonchev–Trinajstić information content (AvgIpc) is 2.82. The maximum absolute atomic E-state index is 12.5. The van der Waals surface area contributed by atoms with Crippen LogP contribution in [0.25, 0.3) is 0 Å². The highest BCUT2D eigenvalue weighted by Crippen LogP contribution is 2.26. The summed E-state index contributed by atoms with van der Waals surface area (Å²) in [5.41, 5.74) is 2.11. The molecule has 25 heavy (non-hydrogen) atoms. The number of anilines is 1. The third kappa shape index (κ3) is 4.42. The Morgan fingerprint density at radius 3 is 2.60 bits per heavy atom. The number of carbonyl (C=O) groups excluding carboxylic acids is 1. The van der Waals surface area contributed by atoms with Crippen molar-refractivity contribution in [1.82, 2.24) is 14.8 Å². The van der Waals surface area contributed by atoms with Gasteiger partial charge in [-0.2, -0.15) is 0 Å². The van der Waals surface area contributed by atoms with E-state index >= 15 is 0 Å². The first-order chi connectivity index (χ1) is 12.0. The number of nitrogens with one attached hydrogen (secondary N) is 1. The monoisotopic (exact) mass is 358 g/mol. The second-order valence-electron chi connectivity index (χ2n) is 6.89. The molecule has 0 saturated carbocycles. The maximum atomic E-state index is 12.5. The van der Waals surface area contributed by atoms with Crippen LogP contribution in [0.4, 0.5) is 5.69 Å². The van der Waals surface area contributed by atoms with Crippen molar-refractivity contribution in [3.8, 4) is 0 Å². The Morgan fingerprint density at radius 1 is 1.12 bits per heavy atom. The molecule has 0 fully saturated rings. The lowest BCUT2D eigenvalue weighted by molar-refractivity contribution is -0.115. The fourth-order valence-corrected chi connectivity index (χ4v) is 3.85. The lowest BCUT2D eigenvalue weighted by Crippen LogP contribution is -2.23. The number of carbonyl (C=O) groups is 1. The number of hydrogen-bond donors (Lipinski definition) is 1. The Bertz CT molecular complexity index is 724. The smallest absolute Gasteiger partial charge is 0.237 e. The zero-order valence-electron chi connectivity index (χ0n) is 15.2. The Morgan fingerprint density at radius 2 is 1.88 bits per heavy atom. The zero-order chi connectivity index (χ0) is 17.8. The molecule has 1 atom stereocenters. The molecule has 1 aromatic heterocycles. The number of fused-ring (bicyclic) bond motifs is 1. The number of amides is 1. The Balaban J connectivity index is 1.62. The Kier molecular flexibility index (Phi) is 5.78. The van der Waals surface area contributed by atoms with Crippen molar-refractivity contribution in [2.45, 2.75) is 69.3 Å². The fourth-order valence-electron chi connectivity index (χ4n) is 2.95. The van der Waals surface area contributed by atoms with Gasteiger partial charge in [0.25, 0.3) is 0 Å². The molecule has 0 saturated heterocycles. The SMILES string of the molecule is CC(Sc1nnc2n1CCCCC2)C(=O)Nc1ccc(C(C)C)cc1. The number of hydrogen-bond acceptors (Lipinski definition) is 4. The van der Waals surface area contributed by atoms with Gasteiger partial charge in [0.15, 0.2) is 5.16 Å². The van der Waals surface area contributed by atoms with E-state index in [-0.39, 0.29) is 11.2 Å². The molecule has 1 aromatic carbocycles. The van der Waals surface area contributed by atoms with Crippen molar-refractivity contribution in [2.24, 2.45) is 0 Å². The second kappa shape index (κ2) is 8.04. The molecule has 1 N–H and O–H groups in total. The molecule has 2 aromatic rings. The van der Waals surface area contributed by atoms with Crippen molar-refractivity contribution in [3.63, 3.8) is 0 Å². The molecule has 3 rings (SSSR count). The van der Waals surface area contributed by atoms with E-state index in [1.54, 1.807) is 0 Å². The van der Waals surface area contributed by atoms with Crippen molar-refractivity contribution >= 4 is 23.4 Å². The minimum absolute atomic E-state index is 0.00623. The largest absolute Gasteiger partial charge is 0.325 e.